The van der Waals surface area contributed by atoms with Crippen molar-refractivity contribution in [1.82, 2.24) is 14.9 Å². The molecule has 0 bridgehead atoms. The lowest BCUT2D eigenvalue weighted by atomic mass is 10.2. The van der Waals surface area contributed by atoms with Gasteiger partial charge in [0.1, 0.15) is 11.6 Å². The van der Waals surface area contributed by atoms with Crippen molar-refractivity contribution in [3.63, 3.8) is 0 Å². The number of aromatic nitrogens is 2. The molecule has 0 saturated carbocycles. The quantitative estimate of drug-likeness (QED) is 0.853. The van der Waals surface area contributed by atoms with Crippen molar-refractivity contribution in [2.24, 2.45) is 7.05 Å². The predicted molar refractivity (Wildman–Crippen MR) is 81.2 cm³/mol. The van der Waals surface area contributed by atoms with E-state index in [1.807, 2.05) is 36.0 Å². The van der Waals surface area contributed by atoms with Gasteiger partial charge in [0.15, 0.2) is 0 Å². The van der Waals surface area contributed by atoms with Crippen LogP contribution < -0.4 is 10.1 Å². The third-order valence-corrected chi connectivity index (χ3v) is 3.37. The van der Waals surface area contributed by atoms with Gasteiger partial charge in [0.05, 0.1) is 11.6 Å². The maximum Gasteiger partial charge on any atom is 0.137 e. The number of nitrogens with zero attached hydrogens (tertiary/aromatic N) is 2. The first kappa shape index (κ1) is 14.9. The monoisotopic (exact) mass is 293 g/mol. The molecule has 4 nitrogen and oxygen atoms in total. The number of halogens is 1. The number of nitrogens with one attached hydrogen (secondary N) is 1. The maximum atomic E-state index is 6.23. The fourth-order valence-corrected chi connectivity index (χ4v) is 2.19. The van der Waals surface area contributed by atoms with E-state index in [1.54, 1.807) is 6.20 Å². The Morgan fingerprint density at radius 3 is 2.90 bits per heavy atom. The molecule has 0 aliphatic heterocycles. The first-order chi connectivity index (χ1) is 9.70. The second kappa shape index (κ2) is 7.31. The predicted octanol–water partition coefficient (Wildman–Crippen LogP) is 2.80. The Bertz CT molecular complexity index is 554. The van der Waals surface area contributed by atoms with E-state index in [0.29, 0.717) is 11.6 Å². The zero-order valence-electron chi connectivity index (χ0n) is 11.9. The SMILES string of the molecule is CCNCc1ccc(OCCc2nccn2C)c(Cl)c1. The molecule has 0 radical (unpaired) electrons. The highest BCUT2D eigenvalue weighted by molar-refractivity contribution is 6.32. The first-order valence-corrected chi connectivity index (χ1v) is 7.16. The molecule has 1 aromatic heterocycles. The van der Waals surface area contributed by atoms with Crippen molar-refractivity contribution < 1.29 is 4.74 Å². The summed E-state index contributed by atoms with van der Waals surface area (Å²) < 4.78 is 7.71. The van der Waals surface area contributed by atoms with Crippen LogP contribution in [0, 0.1) is 0 Å². The van der Waals surface area contributed by atoms with Gasteiger partial charge < -0.3 is 14.6 Å². The van der Waals surface area contributed by atoms with Gasteiger partial charge >= 0.3 is 0 Å². The fourth-order valence-electron chi connectivity index (χ4n) is 1.93. The summed E-state index contributed by atoms with van der Waals surface area (Å²) in [6, 6.07) is 5.90. The highest BCUT2D eigenvalue weighted by Gasteiger charge is 2.04. The Hall–Kier alpha value is -1.52. The highest BCUT2D eigenvalue weighted by atomic mass is 35.5. The van der Waals surface area contributed by atoms with E-state index >= 15 is 0 Å². The molecule has 108 valence electrons. The number of aryl methyl sites for hydroxylation is 1. The van der Waals surface area contributed by atoms with Gasteiger partial charge in [-0.15, -0.1) is 0 Å². The molecule has 0 fully saturated rings. The largest absolute Gasteiger partial charge is 0.492 e. The summed E-state index contributed by atoms with van der Waals surface area (Å²) in [5.74, 6) is 1.73. The van der Waals surface area contributed by atoms with Crippen LogP contribution in [0.3, 0.4) is 0 Å². The molecule has 2 rings (SSSR count). The minimum atomic E-state index is 0.567. The maximum absolute atomic E-state index is 6.23. The molecular weight excluding hydrogens is 274 g/mol. The minimum Gasteiger partial charge on any atom is -0.492 e. The van der Waals surface area contributed by atoms with Crippen molar-refractivity contribution in [3.8, 4) is 5.75 Å². The summed E-state index contributed by atoms with van der Waals surface area (Å²) in [7, 11) is 1.98. The van der Waals surface area contributed by atoms with Crippen molar-refractivity contribution in [3.05, 3.63) is 47.0 Å². The Morgan fingerprint density at radius 1 is 1.40 bits per heavy atom. The number of hydrogen-bond acceptors (Lipinski definition) is 3. The van der Waals surface area contributed by atoms with Crippen LogP contribution in [0.25, 0.3) is 0 Å². The number of hydrogen-bond donors (Lipinski definition) is 1. The molecule has 1 heterocycles. The summed E-state index contributed by atoms with van der Waals surface area (Å²) in [6.45, 7) is 4.41. The smallest absolute Gasteiger partial charge is 0.137 e. The zero-order valence-corrected chi connectivity index (χ0v) is 12.7. The van der Waals surface area contributed by atoms with Crippen LogP contribution in [-0.2, 0) is 20.0 Å². The Labute approximate surface area is 124 Å². The van der Waals surface area contributed by atoms with E-state index in [-0.39, 0.29) is 0 Å². The minimum absolute atomic E-state index is 0.567. The Balaban J connectivity index is 1.88. The summed E-state index contributed by atoms with van der Waals surface area (Å²) in [6.07, 6.45) is 4.48. The topological polar surface area (TPSA) is 39.1 Å². The third kappa shape index (κ3) is 3.99. The molecule has 0 aliphatic carbocycles. The lowest BCUT2D eigenvalue weighted by Gasteiger charge is -2.10. The zero-order chi connectivity index (χ0) is 14.4. The lowest BCUT2D eigenvalue weighted by Crippen LogP contribution is -2.11. The molecule has 1 aromatic carbocycles. The molecule has 0 spiro atoms. The van der Waals surface area contributed by atoms with Crippen LogP contribution in [0.2, 0.25) is 5.02 Å². The second-order valence-corrected chi connectivity index (χ2v) is 5.01. The van der Waals surface area contributed by atoms with E-state index in [9.17, 15) is 0 Å². The van der Waals surface area contributed by atoms with Crippen molar-refractivity contribution in [1.29, 1.82) is 0 Å². The van der Waals surface area contributed by atoms with Crippen molar-refractivity contribution in [2.75, 3.05) is 13.2 Å². The van der Waals surface area contributed by atoms with Crippen LogP contribution in [0.15, 0.2) is 30.6 Å². The number of ether oxygens (including phenoxy) is 1. The van der Waals surface area contributed by atoms with Gasteiger partial charge in [-0.05, 0) is 24.2 Å². The summed E-state index contributed by atoms with van der Waals surface area (Å²) in [5.41, 5.74) is 1.16. The molecule has 2 aromatic rings. The van der Waals surface area contributed by atoms with Gasteiger partial charge in [0.2, 0.25) is 0 Å². The van der Waals surface area contributed by atoms with Gasteiger partial charge in [-0.1, -0.05) is 24.6 Å². The van der Waals surface area contributed by atoms with E-state index in [4.69, 9.17) is 16.3 Å². The average molecular weight is 294 g/mol. The van der Waals surface area contributed by atoms with Crippen LogP contribution in [0.4, 0.5) is 0 Å². The van der Waals surface area contributed by atoms with Gasteiger partial charge in [-0.2, -0.15) is 0 Å². The molecule has 0 aliphatic rings. The van der Waals surface area contributed by atoms with Gasteiger partial charge in [0, 0.05) is 32.4 Å². The molecule has 0 atom stereocenters. The van der Waals surface area contributed by atoms with Gasteiger partial charge in [0.25, 0.3) is 0 Å². The Morgan fingerprint density at radius 2 is 2.25 bits per heavy atom. The van der Waals surface area contributed by atoms with Crippen LogP contribution in [0.5, 0.6) is 5.75 Å². The molecule has 0 saturated heterocycles. The van der Waals surface area contributed by atoms with Crippen molar-refractivity contribution >= 4 is 11.6 Å². The van der Waals surface area contributed by atoms with E-state index in [2.05, 4.69) is 17.2 Å². The molecule has 1 N–H and O–H groups in total. The lowest BCUT2D eigenvalue weighted by molar-refractivity contribution is 0.317. The standard InChI is InChI=1S/C15H20ClN3O/c1-3-17-11-12-4-5-14(13(16)10-12)20-9-6-15-18-7-8-19(15)2/h4-5,7-8,10,17H,3,6,9,11H2,1-2H3. The number of rotatable bonds is 7. The van der Waals surface area contributed by atoms with E-state index in [1.165, 1.54) is 0 Å². The van der Waals surface area contributed by atoms with Crippen molar-refractivity contribution in [2.45, 2.75) is 19.9 Å². The molecule has 20 heavy (non-hydrogen) atoms. The molecule has 0 amide bonds. The highest BCUT2D eigenvalue weighted by Crippen LogP contribution is 2.25. The van der Waals surface area contributed by atoms with Crippen LogP contribution >= 0.6 is 11.6 Å². The second-order valence-electron chi connectivity index (χ2n) is 4.60. The van der Waals surface area contributed by atoms with E-state index in [0.717, 1.165) is 36.6 Å². The summed E-state index contributed by atoms with van der Waals surface area (Å²) in [4.78, 5) is 4.26. The Kier molecular flexibility index (Phi) is 5.44. The average Bonchev–Trinajstić information content (AvgIpc) is 2.84. The van der Waals surface area contributed by atoms with Crippen LogP contribution in [0.1, 0.15) is 18.3 Å². The number of imidazole rings is 1. The van der Waals surface area contributed by atoms with E-state index < -0.39 is 0 Å². The molecule has 5 heteroatoms. The fraction of sp³-hybridized carbons (Fsp3) is 0.400. The van der Waals surface area contributed by atoms with Crippen LogP contribution in [-0.4, -0.2) is 22.7 Å². The third-order valence-electron chi connectivity index (χ3n) is 3.08. The van der Waals surface area contributed by atoms with Gasteiger partial charge in [-0.3, -0.25) is 0 Å². The molecular formula is C15H20ClN3O. The first-order valence-electron chi connectivity index (χ1n) is 6.79. The normalized spacial score (nSPS) is 10.8. The molecule has 0 unspecified atom stereocenters. The summed E-state index contributed by atoms with van der Waals surface area (Å²) in [5, 5.41) is 3.92. The number of benzene rings is 1. The summed E-state index contributed by atoms with van der Waals surface area (Å²) >= 11 is 6.23. The van der Waals surface area contributed by atoms with Gasteiger partial charge in [-0.25, -0.2) is 4.98 Å².